The van der Waals surface area contributed by atoms with E-state index in [4.69, 9.17) is 20.9 Å². The summed E-state index contributed by atoms with van der Waals surface area (Å²) in [6.07, 6.45) is 1.74. The Kier molecular flexibility index (Phi) is 3.84. The highest BCUT2D eigenvalue weighted by molar-refractivity contribution is 6.33. The average molecular weight is 338 g/mol. The smallest absolute Gasteiger partial charge is 0.259 e. The van der Waals surface area contributed by atoms with Crippen molar-refractivity contribution in [2.24, 2.45) is 0 Å². The second-order valence-electron chi connectivity index (χ2n) is 5.12. The maximum absolute atomic E-state index is 6.14. The number of rotatable bonds is 4. The summed E-state index contributed by atoms with van der Waals surface area (Å²) < 4.78 is 11.1. The maximum Gasteiger partial charge on any atom is 0.259 e. The zero-order valence-corrected chi connectivity index (χ0v) is 13.3. The highest BCUT2D eigenvalue weighted by Gasteiger charge is 2.12. The first-order valence-corrected chi connectivity index (χ1v) is 7.73. The quantitative estimate of drug-likeness (QED) is 0.548. The van der Waals surface area contributed by atoms with Gasteiger partial charge < -0.3 is 9.26 Å². The first kappa shape index (κ1) is 14.7. The Labute approximate surface area is 142 Å². The predicted octanol–water partition coefficient (Wildman–Crippen LogP) is 4.52. The van der Waals surface area contributed by atoms with Gasteiger partial charge in [0, 0.05) is 11.6 Å². The molecule has 2 heterocycles. The third kappa shape index (κ3) is 2.81. The molecule has 0 aliphatic heterocycles. The highest BCUT2D eigenvalue weighted by atomic mass is 35.5. The number of ether oxygens (including phenoxy) is 1. The summed E-state index contributed by atoms with van der Waals surface area (Å²) in [5.74, 6) is 1.49. The molecule has 0 saturated heterocycles. The van der Waals surface area contributed by atoms with Crippen LogP contribution in [0.5, 0.6) is 5.75 Å². The molecule has 0 saturated carbocycles. The van der Waals surface area contributed by atoms with Crippen molar-refractivity contribution in [1.29, 1.82) is 0 Å². The predicted molar refractivity (Wildman–Crippen MR) is 90.8 cm³/mol. The second kappa shape index (κ2) is 6.29. The molecule has 0 atom stereocenters. The van der Waals surface area contributed by atoms with Crippen LogP contribution in [0.1, 0.15) is 5.82 Å². The van der Waals surface area contributed by atoms with Crippen LogP contribution in [-0.4, -0.2) is 15.1 Å². The second-order valence-corrected chi connectivity index (χ2v) is 5.52. The van der Waals surface area contributed by atoms with Gasteiger partial charge in [-0.15, -0.1) is 0 Å². The molecule has 118 valence electrons. The van der Waals surface area contributed by atoms with Gasteiger partial charge in [0.25, 0.3) is 5.89 Å². The summed E-state index contributed by atoms with van der Waals surface area (Å²) in [5.41, 5.74) is 1.50. The van der Waals surface area contributed by atoms with Gasteiger partial charge in [-0.2, -0.15) is 4.98 Å². The van der Waals surface area contributed by atoms with Gasteiger partial charge in [0.15, 0.2) is 6.61 Å². The van der Waals surface area contributed by atoms with E-state index < -0.39 is 0 Å². The molecule has 4 aromatic rings. The first-order valence-electron chi connectivity index (χ1n) is 7.35. The molecule has 0 aliphatic rings. The minimum absolute atomic E-state index is 0.184. The molecule has 24 heavy (non-hydrogen) atoms. The molecule has 0 aliphatic carbocycles. The van der Waals surface area contributed by atoms with Crippen molar-refractivity contribution in [3.05, 3.63) is 71.6 Å². The normalized spacial score (nSPS) is 10.9. The lowest BCUT2D eigenvalue weighted by molar-refractivity contribution is 0.290. The van der Waals surface area contributed by atoms with Gasteiger partial charge in [-0.05, 0) is 24.3 Å². The summed E-state index contributed by atoms with van der Waals surface area (Å²) in [7, 11) is 0. The monoisotopic (exact) mass is 337 g/mol. The van der Waals surface area contributed by atoms with Crippen LogP contribution in [0.25, 0.3) is 22.4 Å². The standard InChI is InChI=1S/C18H12ClN3O2/c19-14-8-2-1-7-13(14)18-21-16(22-24-18)11-23-15-9-3-5-12-6-4-10-20-17(12)15/h1-10H,11H2. The molecule has 6 heteroatoms. The number of aromatic nitrogens is 3. The zero-order valence-electron chi connectivity index (χ0n) is 12.5. The van der Waals surface area contributed by atoms with Gasteiger partial charge in [-0.1, -0.05) is 47.1 Å². The number of fused-ring (bicyclic) bond motifs is 1. The summed E-state index contributed by atoms with van der Waals surface area (Å²) in [6.45, 7) is 0.184. The molecule has 4 rings (SSSR count). The van der Waals surface area contributed by atoms with E-state index in [0.717, 1.165) is 10.9 Å². The molecule has 0 amide bonds. The zero-order chi connectivity index (χ0) is 16.4. The van der Waals surface area contributed by atoms with E-state index in [0.29, 0.717) is 28.1 Å². The van der Waals surface area contributed by atoms with Gasteiger partial charge >= 0.3 is 0 Å². The van der Waals surface area contributed by atoms with Crippen LogP contribution >= 0.6 is 11.6 Å². The van der Waals surface area contributed by atoms with Crippen molar-refractivity contribution < 1.29 is 9.26 Å². The Morgan fingerprint density at radius 2 is 1.88 bits per heavy atom. The molecule has 0 radical (unpaired) electrons. The number of pyridine rings is 1. The van der Waals surface area contributed by atoms with E-state index >= 15 is 0 Å². The molecule has 2 aromatic carbocycles. The Hall–Kier alpha value is -2.92. The summed E-state index contributed by atoms with van der Waals surface area (Å²) in [6, 6.07) is 17.0. The minimum Gasteiger partial charge on any atom is -0.483 e. The number of para-hydroxylation sites is 1. The van der Waals surface area contributed by atoms with E-state index in [2.05, 4.69) is 15.1 Å². The molecule has 5 nitrogen and oxygen atoms in total. The first-order chi connectivity index (χ1) is 11.8. The number of nitrogens with zero attached hydrogens (tertiary/aromatic N) is 3. The molecule has 0 N–H and O–H groups in total. The van der Waals surface area contributed by atoms with Crippen LogP contribution in [0.15, 0.2) is 65.3 Å². The van der Waals surface area contributed by atoms with E-state index in [-0.39, 0.29) is 6.61 Å². The Morgan fingerprint density at radius 3 is 2.79 bits per heavy atom. The van der Waals surface area contributed by atoms with Crippen LogP contribution in [-0.2, 0) is 6.61 Å². The van der Waals surface area contributed by atoms with Gasteiger partial charge in [0.2, 0.25) is 5.82 Å². The van der Waals surface area contributed by atoms with Gasteiger partial charge in [-0.3, -0.25) is 4.98 Å². The van der Waals surface area contributed by atoms with Crippen molar-refractivity contribution >= 4 is 22.5 Å². The molecule has 0 spiro atoms. The topological polar surface area (TPSA) is 61.0 Å². The molecular formula is C18H12ClN3O2. The highest BCUT2D eigenvalue weighted by Crippen LogP contribution is 2.27. The summed E-state index contributed by atoms with van der Waals surface area (Å²) in [4.78, 5) is 8.68. The van der Waals surface area contributed by atoms with Crippen molar-refractivity contribution in [3.8, 4) is 17.2 Å². The summed E-state index contributed by atoms with van der Waals surface area (Å²) in [5, 5.41) is 5.51. The van der Waals surface area contributed by atoms with E-state index in [1.54, 1.807) is 12.3 Å². The van der Waals surface area contributed by atoms with Crippen LogP contribution in [0.4, 0.5) is 0 Å². The summed E-state index contributed by atoms with van der Waals surface area (Å²) >= 11 is 6.14. The van der Waals surface area contributed by atoms with Gasteiger partial charge in [0.1, 0.15) is 11.3 Å². The Morgan fingerprint density at radius 1 is 1.00 bits per heavy atom. The lowest BCUT2D eigenvalue weighted by Gasteiger charge is -2.06. The lowest BCUT2D eigenvalue weighted by atomic mass is 10.2. The molecule has 0 fully saturated rings. The van der Waals surface area contributed by atoms with Crippen LogP contribution in [0.3, 0.4) is 0 Å². The van der Waals surface area contributed by atoms with Crippen molar-refractivity contribution in [1.82, 2.24) is 15.1 Å². The molecule has 2 aromatic heterocycles. The third-order valence-corrected chi connectivity index (χ3v) is 3.85. The number of halogens is 1. The number of hydrogen-bond donors (Lipinski definition) is 0. The third-order valence-electron chi connectivity index (χ3n) is 3.52. The van der Waals surface area contributed by atoms with Crippen molar-refractivity contribution in [2.75, 3.05) is 0 Å². The van der Waals surface area contributed by atoms with E-state index in [9.17, 15) is 0 Å². The lowest BCUT2D eigenvalue weighted by Crippen LogP contribution is -1.98. The minimum atomic E-state index is 0.184. The van der Waals surface area contributed by atoms with Gasteiger partial charge in [-0.25, -0.2) is 0 Å². The van der Waals surface area contributed by atoms with Crippen LogP contribution in [0, 0.1) is 0 Å². The van der Waals surface area contributed by atoms with Crippen molar-refractivity contribution in [2.45, 2.75) is 6.61 Å². The maximum atomic E-state index is 6.14. The van der Waals surface area contributed by atoms with Crippen LogP contribution in [0.2, 0.25) is 5.02 Å². The molecular weight excluding hydrogens is 326 g/mol. The fraction of sp³-hybridized carbons (Fsp3) is 0.0556. The SMILES string of the molecule is Clc1ccccc1-c1nc(COc2cccc3cccnc23)no1. The molecule has 0 bridgehead atoms. The average Bonchev–Trinajstić information content (AvgIpc) is 3.09. The largest absolute Gasteiger partial charge is 0.483 e. The van der Waals surface area contributed by atoms with Gasteiger partial charge in [0.05, 0.1) is 10.6 Å². The van der Waals surface area contributed by atoms with E-state index in [1.807, 2.05) is 48.5 Å². The fourth-order valence-corrected chi connectivity index (χ4v) is 2.61. The fourth-order valence-electron chi connectivity index (χ4n) is 2.39. The molecule has 0 unspecified atom stereocenters. The van der Waals surface area contributed by atoms with Crippen LogP contribution < -0.4 is 4.74 Å². The Balaban J connectivity index is 1.56. The van der Waals surface area contributed by atoms with Crippen molar-refractivity contribution in [3.63, 3.8) is 0 Å². The van der Waals surface area contributed by atoms with E-state index in [1.165, 1.54) is 0 Å². The Bertz CT molecular complexity index is 995. The number of hydrogen-bond acceptors (Lipinski definition) is 5. The number of benzene rings is 2.